The summed E-state index contributed by atoms with van der Waals surface area (Å²) in [5, 5.41) is 0. The lowest BCUT2D eigenvalue weighted by molar-refractivity contribution is -0.148. The van der Waals surface area contributed by atoms with Gasteiger partial charge in [0.05, 0.1) is 13.0 Å². The van der Waals surface area contributed by atoms with E-state index < -0.39 is 0 Å². The number of esters is 2. The topological polar surface area (TPSA) is 52.6 Å². The summed E-state index contributed by atoms with van der Waals surface area (Å²) >= 11 is 0. The summed E-state index contributed by atoms with van der Waals surface area (Å²) in [4.78, 5) is 22.2. The highest BCUT2D eigenvalue weighted by Gasteiger charge is 2.30. The minimum atomic E-state index is -0.332. The number of ether oxygens (including phenoxy) is 2. The second-order valence-electron chi connectivity index (χ2n) is 3.62. The maximum Gasteiger partial charge on any atom is 0.312 e. The van der Waals surface area contributed by atoms with E-state index in [-0.39, 0.29) is 24.0 Å². The quantitative estimate of drug-likeness (QED) is 0.525. The Balaban J connectivity index is 2.67. The van der Waals surface area contributed by atoms with Gasteiger partial charge >= 0.3 is 11.9 Å². The Morgan fingerprint density at radius 3 is 2.73 bits per heavy atom. The minimum Gasteiger partial charge on any atom is -0.469 e. The average molecular weight is 212 g/mol. The molecule has 84 valence electrons. The second kappa shape index (κ2) is 4.96. The Morgan fingerprint density at radius 1 is 1.53 bits per heavy atom. The predicted molar refractivity (Wildman–Crippen MR) is 54.1 cm³/mol. The highest BCUT2D eigenvalue weighted by atomic mass is 16.5. The summed E-state index contributed by atoms with van der Waals surface area (Å²) in [5.41, 5.74) is 0.858. The summed E-state index contributed by atoms with van der Waals surface area (Å²) < 4.78 is 9.78. The Morgan fingerprint density at radius 2 is 2.20 bits per heavy atom. The van der Waals surface area contributed by atoms with Gasteiger partial charge in [0.25, 0.3) is 0 Å². The smallest absolute Gasteiger partial charge is 0.312 e. The molecular weight excluding hydrogens is 196 g/mol. The molecular formula is C11H16O4. The van der Waals surface area contributed by atoms with E-state index >= 15 is 0 Å². The van der Waals surface area contributed by atoms with Crippen LogP contribution in [0, 0.1) is 5.92 Å². The fraction of sp³-hybridized carbons (Fsp3) is 0.636. The van der Waals surface area contributed by atoms with E-state index in [2.05, 4.69) is 4.74 Å². The molecule has 0 aromatic carbocycles. The van der Waals surface area contributed by atoms with Gasteiger partial charge < -0.3 is 9.47 Å². The van der Waals surface area contributed by atoms with Crippen LogP contribution in [-0.4, -0.2) is 25.2 Å². The van der Waals surface area contributed by atoms with Crippen molar-refractivity contribution in [1.29, 1.82) is 0 Å². The van der Waals surface area contributed by atoms with E-state index in [0.717, 1.165) is 18.4 Å². The van der Waals surface area contributed by atoms with Crippen molar-refractivity contribution in [3.63, 3.8) is 0 Å². The number of carbonyl (C=O) groups is 2. The van der Waals surface area contributed by atoms with Gasteiger partial charge in [0, 0.05) is 6.92 Å². The first kappa shape index (κ1) is 11.8. The van der Waals surface area contributed by atoms with Gasteiger partial charge in [-0.1, -0.05) is 6.08 Å². The standard InChI is InChI=1S/C11H16O4/c1-7(11(13)14-3)9-5-4-6-10(9)15-8(2)12/h5,7,10H,4,6H2,1-3H3/t7?,10-/m0/s1. The molecule has 1 unspecified atom stereocenters. The van der Waals surface area contributed by atoms with Crippen LogP contribution in [0.3, 0.4) is 0 Å². The van der Waals surface area contributed by atoms with Gasteiger partial charge in [0.2, 0.25) is 0 Å². The molecule has 1 aliphatic carbocycles. The van der Waals surface area contributed by atoms with Crippen LogP contribution >= 0.6 is 0 Å². The van der Waals surface area contributed by atoms with Gasteiger partial charge in [-0.2, -0.15) is 0 Å². The highest BCUT2D eigenvalue weighted by Crippen LogP contribution is 2.28. The molecule has 0 saturated carbocycles. The lowest BCUT2D eigenvalue weighted by atomic mass is 9.99. The van der Waals surface area contributed by atoms with Crippen LogP contribution in [0.4, 0.5) is 0 Å². The molecule has 0 N–H and O–H groups in total. The van der Waals surface area contributed by atoms with Gasteiger partial charge in [0.15, 0.2) is 0 Å². The third-order valence-corrected chi connectivity index (χ3v) is 2.54. The van der Waals surface area contributed by atoms with Gasteiger partial charge in [-0.25, -0.2) is 0 Å². The number of carbonyl (C=O) groups excluding carboxylic acids is 2. The summed E-state index contributed by atoms with van der Waals surface area (Å²) in [6.45, 7) is 3.14. The molecule has 1 aliphatic rings. The fourth-order valence-corrected chi connectivity index (χ4v) is 1.80. The summed E-state index contributed by atoms with van der Waals surface area (Å²) in [6, 6.07) is 0. The second-order valence-corrected chi connectivity index (χ2v) is 3.62. The molecule has 0 aliphatic heterocycles. The molecule has 0 spiro atoms. The van der Waals surface area contributed by atoms with Crippen molar-refractivity contribution in [1.82, 2.24) is 0 Å². The number of hydrogen-bond acceptors (Lipinski definition) is 4. The molecule has 0 radical (unpaired) electrons. The third kappa shape index (κ3) is 2.81. The Kier molecular flexibility index (Phi) is 3.88. The van der Waals surface area contributed by atoms with Crippen molar-refractivity contribution in [3.8, 4) is 0 Å². The molecule has 0 aromatic heterocycles. The van der Waals surface area contributed by atoms with Crippen LogP contribution in [-0.2, 0) is 19.1 Å². The van der Waals surface area contributed by atoms with Crippen molar-refractivity contribution in [3.05, 3.63) is 11.6 Å². The molecule has 4 heteroatoms. The largest absolute Gasteiger partial charge is 0.469 e. The summed E-state index contributed by atoms with van der Waals surface area (Å²) in [7, 11) is 1.36. The van der Waals surface area contributed by atoms with Gasteiger partial charge in [-0.3, -0.25) is 9.59 Å². The van der Waals surface area contributed by atoms with E-state index in [9.17, 15) is 9.59 Å². The first-order chi connectivity index (χ1) is 7.06. The van der Waals surface area contributed by atoms with E-state index in [1.807, 2.05) is 6.08 Å². The molecule has 0 saturated heterocycles. The van der Waals surface area contributed by atoms with E-state index in [0.29, 0.717) is 0 Å². The van der Waals surface area contributed by atoms with Crippen molar-refractivity contribution < 1.29 is 19.1 Å². The normalized spacial score (nSPS) is 21.8. The van der Waals surface area contributed by atoms with Crippen LogP contribution in [0.1, 0.15) is 26.7 Å². The fourth-order valence-electron chi connectivity index (χ4n) is 1.80. The monoisotopic (exact) mass is 212 g/mol. The van der Waals surface area contributed by atoms with Crippen LogP contribution in [0.5, 0.6) is 0 Å². The van der Waals surface area contributed by atoms with E-state index in [4.69, 9.17) is 4.74 Å². The molecule has 0 heterocycles. The summed E-state index contributed by atoms with van der Waals surface area (Å²) in [6.07, 6.45) is 3.30. The molecule has 1 rings (SSSR count). The zero-order valence-corrected chi connectivity index (χ0v) is 9.28. The Hall–Kier alpha value is -1.32. The van der Waals surface area contributed by atoms with Crippen LogP contribution in [0.25, 0.3) is 0 Å². The highest BCUT2D eigenvalue weighted by molar-refractivity contribution is 5.76. The first-order valence-electron chi connectivity index (χ1n) is 5.01. The van der Waals surface area contributed by atoms with Crippen LogP contribution < -0.4 is 0 Å². The SMILES string of the molecule is COC(=O)C(C)C1=CCC[C@@H]1OC(C)=O. The molecule has 0 amide bonds. The Bertz CT molecular complexity index is 293. The van der Waals surface area contributed by atoms with Gasteiger partial charge in [-0.05, 0) is 25.3 Å². The van der Waals surface area contributed by atoms with Crippen molar-refractivity contribution in [2.45, 2.75) is 32.8 Å². The molecule has 0 aromatic rings. The minimum absolute atomic E-state index is 0.253. The third-order valence-electron chi connectivity index (χ3n) is 2.54. The predicted octanol–water partition coefficient (Wildman–Crippen LogP) is 1.45. The summed E-state index contributed by atoms with van der Waals surface area (Å²) in [5.74, 6) is -0.938. The maximum absolute atomic E-state index is 11.3. The number of hydrogen-bond donors (Lipinski definition) is 0. The lowest BCUT2D eigenvalue weighted by Gasteiger charge is -2.18. The van der Waals surface area contributed by atoms with E-state index in [1.165, 1.54) is 14.0 Å². The molecule has 0 bridgehead atoms. The maximum atomic E-state index is 11.3. The van der Waals surface area contributed by atoms with Crippen molar-refractivity contribution >= 4 is 11.9 Å². The van der Waals surface area contributed by atoms with Crippen LogP contribution in [0.2, 0.25) is 0 Å². The Labute approximate surface area is 89.2 Å². The number of methoxy groups -OCH3 is 1. The lowest BCUT2D eigenvalue weighted by Crippen LogP contribution is -2.24. The van der Waals surface area contributed by atoms with Gasteiger partial charge in [-0.15, -0.1) is 0 Å². The van der Waals surface area contributed by atoms with Gasteiger partial charge in [0.1, 0.15) is 6.10 Å². The molecule has 0 fully saturated rings. The molecule has 15 heavy (non-hydrogen) atoms. The average Bonchev–Trinajstić information content (AvgIpc) is 2.62. The van der Waals surface area contributed by atoms with Crippen LogP contribution in [0.15, 0.2) is 11.6 Å². The molecule has 4 nitrogen and oxygen atoms in total. The first-order valence-corrected chi connectivity index (χ1v) is 5.01. The molecule has 2 atom stereocenters. The number of allylic oxidation sites excluding steroid dienone is 1. The van der Waals surface area contributed by atoms with Crippen molar-refractivity contribution in [2.75, 3.05) is 7.11 Å². The van der Waals surface area contributed by atoms with Crippen molar-refractivity contribution in [2.24, 2.45) is 5.92 Å². The zero-order valence-electron chi connectivity index (χ0n) is 9.28. The van der Waals surface area contributed by atoms with E-state index in [1.54, 1.807) is 6.92 Å². The number of rotatable bonds is 3. The zero-order chi connectivity index (χ0) is 11.4.